The zero-order valence-corrected chi connectivity index (χ0v) is 13.8. The molecule has 0 fully saturated rings. The minimum atomic E-state index is -3.61. The summed E-state index contributed by atoms with van der Waals surface area (Å²) in [5.74, 6) is -0.452. The lowest BCUT2D eigenvalue weighted by Crippen LogP contribution is -2.19. The van der Waals surface area contributed by atoms with Gasteiger partial charge in [-0.1, -0.05) is 29.3 Å². The molecule has 0 heterocycles. The Labute approximate surface area is 138 Å². The molecule has 0 atom stereocenters. The van der Waals surface area contributed by atoms with Crippen LogP contribution in [0.15, 0.2) is 47.4 Å². The number of amides is 1. The van der Waals surface area contributed by atoms with Crippen LogP contribution in [0.5, 0.6) is 0 Å². The van der Waals surface area contributed by atoms with Gasteiger partial charge >= 0.3 is 0 Å². The lowest BCUT2D eigenvalue weighted by molar-refractivity contribution is 0.102. The lowest BCUT2D eigenvalue weighted by Gasteiger charge is -2.08. The third-order valence-electron chi connectivity index (χ3n) is 2.85. The molecular weight excluding hydrogens is 347 g/mol. The summed E-state index contributed by atoms with van der Waals surface area (Å²) in [5.41, 5.74) is 0.670. The third kappa shape index (κ3) is 3.78. The maximum Gasteiger partial charge on any atom is 0.255 e. The van der Waals surface area contributed by atoms with Gasteiger partial charge in [0.05, 0.1) is 14.9 Å². The monoisotopic (exact) mass is 358 g/mol. The molecule has 2 N–H and O–H groups in total. The number of carbonyl (C=O) groups excluding carboxylic acids is 1. The van der Waals surface area contributed by atoms with Gasteiger partial charge in [0.25, 0.3) is 5.91 Å². The van der Waals surface area contributed by atoms with Gasteiger partial charge in [0.15, 0.2) is 0 Å². The van der Waals surface area contributed by atoms with E-state index in [9.17, 15) is 13.2 Å². The summed E-state index contributed by atoms with van der Waals surface area (Å²) in [6, 6.07) is 10.4. The highest BCUT2D eigenvalue weighted by atomic mass is 35.5. The molecule has 0 radical (unpaired) electrons. The Balaban J connectivity index is 2.26. The number of halogens is 2. The number of sulfonamides is 1. The van der Waals surface area contributed by atoms with E-state index >= 15 is 0 Å². The number of benzene rings is 2. The summed E-state index contributed by atoms with van der Waals surface area (Å²) in [4.78, 5) is 12.2. The van der Waals surface area contributed by atoms with Gasteiger partial charge in [0, 0.05) is 11.3 Å². The molecule has 2 aromatic rings. The van der Waals surface area contributed by atoms with E-state index in [2.05, 4.69) is 10.0 Å². The average molecular weight is 359 g/mol. The fourth-order valence-corrected chi connectivity index (χ4v) is 2.77. The van der Waals surface area contributed by atoms with Crippen LogP contribution in [0.1, 0.15) is 10.4 Å². The Morgan fingerprint density at radius 3 is 2.41 bits per heavy atom. The van der Waals surface area contributed by atoms with Crippen molar-refractivity contribution in [2.45, 2.75) is 4.90 Å². The summed E-state index contributed by atoms with van der Waals surface area (Å²) in [7, 11) is -2.30. The highest BCUT2D eigenvalue weighted by Crippen LogP contribution is 2.25. The van der Waals surface area contributed by atoms with Crippen molar-refractivity contribution in [3.8, 4) is 0 Å². The highest BCUT2D eigenvalue weighted by molar-refractivity contribution is 7.89. The second-order valence-electron chi connectivity index (χ2n) is 4.32. The van der Waals surface area contributed by atoms with E-state index in [4.69, 9.17) is 23.2 Å². The van der Waals surface area contributed by atoms with Gasteiger partial charge < -0.3 is 5.32 Å². The normalized spacial score (nSPS) is 11.2. The van der Waals surface area contributed by atoms with Crippen LogP contribution in [0.25, 0.3) is 0 Å². The molecule has 0 saturated heterocycles. The van der Waals surface area contributed by atoms with Crippen LogP contribution in [0.4, 0.5) is 5.69 Å². The number of anilines is 1. The maximum atomic E-state index is 12.2. The van der Waals surface area contributed by atoms with E-state index in [0.717, 1.165) is 0 Å². The standard InChI is InChI=1S/C14H12Cl2N2O3S/c1-17-22(20,21)11-4-2-3-9(7-11)14(19)18-10-5-6-12(15)13(16)8-10/h2-8,17H,1H3,(H,18,19). The lowest BCUT2D eigenvalue weighted by atomic mass is 10.2. The SMILES string of the molecule is CNS(=O)(=O)c1cccc(C(=O)Nc2ccc(Cl)c(Cl)c2)c1. The number of hydrogen-bond donors (Lipinski definition) is 2. The Hall–Kier alpha value is -1.60. The zero-order chi connectivity index (χ0) is 16.3. The average Bonchev–Trinajstić information content (AvgIpc) is 2.51. The van der Waals surface area contributed by atoms with Gasteiger partial charge in [-0.3, -0.25) is 4.79 Å². The van der Waals surface area contributed by atoms with Crippen LogP contribution in [0, 0.1) is 0 Å². The van der Waals surface area contributed by atoms with E-state index in [1.165, 1.54) is 37.4 Å². The Kier molecular flexibility index (Phi) is 5.08. The van der Waals surface area contributed by atoms with Crippen molar-refractivity contribution in [1.29, 1.82) is 0 Å². The first-order valence-corrected chi connectivity index (χ1v) is 8.37. The van der Waals surface area contributed by atoms with Gasteiger partial charge in [-0.15, -0.1) is 0 Å². The number of nitrogens with one attached hydrogen (secondary N) is 2. The predicted octanol–water partition coefficient (Wildman–Crippen LogP) is 3.15. The van der Waals surface area contributed by atoms with Gasteiger partial charge in [-0.25, -0.2) is 13.1 Å². The maximum absolute atomic E-state index is 12.2. The molecule has 0 unspecified atom stereocenters. The van der Waals surface area contributed by atoms with E-state index in [0.29, 0.717) is 15.7 Å². The van der Waals surface area contributed by atoms with Crippen molar-refractivity contribution in [1.82, 2.24) is 4.72 Å². The second-order valence-corrected chi connectivity index (χ2v) is 7.02. The van der Waals surface area contributed by atoms with Gasteiger partial charge in [0.1, 0.15) is 0 Å². The molecule has 0 spiro atoms. The summed E-state index contributed by atoms with van der Waals surface area (Å²) in [6.07, 6.45) is 0. The van der Waals surface area contributed by atoms with Crippen molar-refractivity contribution in [2.24, 2.45) is 0 Å². The molecular formula is C14H12Cl2N2O3S. The molecule has 0 bridgehead atoms. The van der Waals surface area contributed by atoms with Crippen LogP contribution < -0.4 is 10.0 Å². The molecule has 22 heavy (non-hydrogen) atoms. The van der Waals surface area contributed by atoms with Crippen molar-refractivity contribution in [2.75, 3.05) is 12.4 Å². The molecule has 0 saturated carbocycles. The molecule has 2 aromatic carbocycles. The summed E-state index contributed by atoms with van der Waals surface area (Å²) < 4.78 is 25.7. The highest BCUT2D eigenvalue weighted by Gasteiger charge is 2.14. The first-order chi connectivity index (χ1) is 10.3. The fourth-order valence-electron chi connectivity index (χ4n) is 1.70. The van der Waals surface area contributed by atoms with Gasteiger partial charge in [-0.05, 0) is 43.4 Å². The summed E-state index contributed by atoms with van der Waals surface area (Å²) in [6.45, 7) is 0. The molecule has 5 nitrogen and oxygen atoms in total. The van der Waals surface area contributed by atoms with Crippen LogP contribution in [0.2, 0.25) is 10.0 Å². The number of hydrogen-bond acceptors (Lipinski definition) is 3. The quantitative estimate of drug-likeness (QED) is 0.881. The first kappa shape index (κ1) is 16.8. The van der Waals surface area contributed by atoms with Crippen LogP contribution >= 0.6 is 23.2 Å². The molecule has 1 amide bonds. The molecule has 8 heteroatoms. The summed E-state index contributed by atoms with van der Waals surface area (Å²) >= 11 is 11.7. The molecule has 0 aliphatic rings. The molecule has 116 valence electrons. The van der Waals surface area contributed by atoms with E-state index in [-0.39, 0.29) is 10.5 Å². The molecule has 2 rings (SSSR count). The minimum Gasteiger partial charge on any atom is -0.322 e. The van der Waals surface area contributed by atoms with Crippen molar-refractivity contribution >= 4 is 44.8 Å². The first-order valence-electron chi connectivity index (χ1n) is 6.13. The Bertz CT molecular complexity index is 823. The fraction of sp³-hybridized carbons (Fsp3) is 0.0714. The zero-order valence-electron chi connectivity index (χ0n) is 11.4. The predicted molar refractivity (Wildman–Crippen MR) is 87.1 cm³/mol. The van der Waals surface area contributed by atoms with Crippen molar-refractivity contribution < 1.29 is 13.2 Å². The summed E-state index contributed by atoms with van der Waals surface area (Å²) in [5, 5.41) is 3.31. The van der Waals surface area contributed by atoms with E-state index < -0.39 is 15.9 Å². The largest absolute Gasteiger partial charge is 0.322 e. The van der Waals surface area contributed by atoms with Crippen LogP contribution in [0.3, 0.4) is 0 Å². The minimum absolute atomic E-state index is 0.0109. The van der Waals surface area contributed by atoms with Gasteiger partial charge in [0.2, 0.25) is 10.0 Å². The third-order valence-corrected chi connectivity index (χ3v) is 5.00. The Morgan fingerprint density at radius 2 is 1.77 bits per heavy atom. The topological polar surface area (TPSA) is 75.3 Å². The Morgan fingerprint density at radius 1 is 1.05 bits per heavy atom. The van der Waals surface area contributed by atoms with E-state index in [1.54, 1.807) is 12.1 Å². The van der Waals surface area contributed by atoms with Crippen molar-refractivity contribution in [3.63, 3.8) is 0 Å². The van der Waals surface area contributed by atoms with Gasteiger partial charge in [-0.2, -0.15) is 0 Å². The number of carbonyl (C=O) groups is 1. The van der Waals surface area contributed by atoms with E-state index in [1.807, 2.05) is 0 Å². The van der Waals surface area contributed by atoms with Crippen molar-refractivity contribution in [3.05, 3.63) is 58.1 Å². The van der Waals surface area contributed by atoms with Crippen LogP contribution in [-0.2, 0) is 10.0 Å². The smallest absolute Gasteiger partial charge is 0.255 e. The molecule has 0 aliphatic carbocycles. The molecule has 0 aromatic heterocycles. The molecule has 0 aliphatic heterocycles. The second kappa shape index (κ2) is 6.66. The van der Waals surface area contributed by atoms with Crippen LogP contribution in [-0.4, -0.2) is 21.4 Å². The number of rotatable bonds is 4.